The minimum absolute atomic E-state index is 0.0368. The highest BCUT2D eigenvalue weighted by Crippen LogP contribution is 2.14. The van der Waals surface area contributed by atoms with Crippen LogP contribution in [0.5, 0.6) is 0 Å². The SMILES string of the molecule is O=C1CC(C(=O)ON2C(=O)CCC2=O)N1. The van der Waals surface area contributed by atoms with Crippen LogP contribution in [0.3, 0.4) is 0 Å². The summed E-state index contributed by atoms with van der Waals surface area (Å²) in [4.78, 5) is 48.4. The summed E-state index contributed by atoms with van der Waals surface area (Å²) in [6.07, 6.45) is 0.154. The zero-order valence-electron chi connectivity index (χ0n) is 7.69. The molecule has 2 aliphatic heterocycles. The Balaban J connectivity index is 1.91. The first-order valence-electron chi connectivity index (χ1n) is 4.45. The molecule has 0 radical (unpaired) electrons. The second-order valence-electron chi connectivity index (χ2n) is 3.32. The van der Waals surface area contributed by atoms with Gasteiger partial charge in [-0.3, -0.25) is 14.4 Å². The third-order valence-corrected chi connectivity index (χ3v) is 2.20. The van der Waals surface area contributed by atoms with Crippen LogP contribution < -0.4 is 5.32 Å². The van der Waals surface area contributed by atoms with Crippen LogP contribution in [-0.2, 0) is 24.0 Å². The van der Waals surface area contributed by atoms with Gasteiger partial charge >= 0.3 is 5.97 Å². The number of β-lactam (4-membered cyclic amide) rings is 1. The van der Waals surface area contributed by atoms with Crippen molar-refractivity contribution in [1.82, 2.24) is 10.4 Å². The molecule has 2 aliphatic rings. The van der Waals surface area contributed by atoms with Crippen molar-refractivity contribution in [2.75, 3.05) is 0 Å². The van der Waals surface area contributed by atoms with E-state index in [9.17, 15) is 19.2 Å². The normalized spacial score (nSPS) is 24.9. The first kappa shape index (κ1) is 9.63. The Bertz CT molecular complexity index is 340. The van der Waals surface area contributed by atoms with Crippen molar-refractivity contribution in [2.45, 2.75) is 25.3 Å². The Morgan fingerprint density at radius 3 is 2.27 bits per heavy atom. The molecule has 2 rings (SSSR count). The Morgan fingerprint density at radius 2 is 1.80 bits per heavy atom. The fourth-order valence-electron chi connectivity index (χ4n) is 1.31. The lowest BCUT2D eigenvalue weighted by atomic mass is 10.1. The minimum Gasteiger partial charge on any atom is -0.342 e. The maximum atomic E-state index is 11.2. The van der Waals surface area contributed by atoms with E-state index in [0.717, 1.165) is 0 Å². The molecule has 0 aromatic rings. The summed E-state index contributed by atoms with van der Waals surface area (Å²) in [5.41, 5.74) is 0. The molecule has 2 fully saturated rings. The van der Waals surface area contributed by atoms with Crippen molar-refractivity contribution in [2.24, 2.45) is 0 Å². The van der Waals surface area contributed by atoms with Gasteiger partial charge in [0, 0.05) is 12.8 Å². The second kappa shape index (κ2) is 3.34. The Labute approximate surface area is 84.3 Å². The van der Waals surface area contributed by atoms with E-state index in [4.69, 9.17) is 0 Å². The molecule has 15 heavy (non-hydrogen) atoms. The van der Waals surface area contributed by atoms with E-state index in [-0.39, 0.29) is 25.2 Å². The van der Waals surface area contributed by atoms with Crippen LogP contribution in [0, 0.1) is 0 Å². The highest BCUT2D eigenvalue weighted by Gasteiger charge is 2.38. The van der Waals surface area contributed by atoms with Crippen LogP contribution in [0.1, 0.15) is 19.3 Å². The summed E-state index contributed by atoms with van der Waals surface area (Å²) in [6, 6.07) is -0.737. The van der Waals surface area contributed by atoms with E-state index in [0.29, 0.717) is 5.06 Å². The smallest absolute Gasteiger partial charge is 0.342 e. The average molecular weight is 212 g/mol. The lowest BCUT2D eigenvalue weighted by Crippen LogP contribution is -2.55. The van der Waals surface area contributed by atoms with Gasteiger partial charge in [-0.25, -0.2) is 4.79 Å². The maximum Gasteiger partial charge on any atom is 0.355 e. The standard InChI is InChI=1S/C8H8N2O5/c11-5-3-4(9-5)8(14)15-10-6(12)1-2-7(10)13/h4H,1-3H2,(H,9,11). The highest BCUT2D eigenvalue weighted by molar-refractivity contribution is 6.02. The molecule has 0 aromatic heterocycles. The summed E-state index contributed by atoms with van der Waals surface area (Å²) >= 11 is 0. The molecule has 7 nitrogen and oxygen atoms in total. The van der Waals surface area contributed by atoms with Gasteiger partial charge in [-0.05, 0) is 0 Å². The van der Waals surface area contributed by atoms with Crippen LogP contribution in [0.25, 0.3) is 0 Å². The van der Waals surface area contributed by atoms with Gasteiger partial charge in [0.1, 0.15) is 6.04 Å². The largest absolute Gasteiger partial charge is 0.355 e. The van der Waals surface area contributed by atoms with Gasteiger partial charge in [0.05, 0.1) is 6.42 Å². The Morgan fingerprint density at radius 1 is 1.27 bits per heavy atom. The lowest BCUT2D eigenvalue weighted by Gasteiger charge is -2.25. The van der Waals surface area contributed by atoms with Gasteiger partial charge in [-0.15, -0.1) is 5.06 Å². The van der Waals surface area contributed by atoms with E-state index in [1.807, 2.05) is 0 Å². The topological polar surface area (TPSA) is 92.8 Å². The zero-order valence-corrected chi connectivity index (χ0v) is 7.69. The molecular weight excluding hydrogens is 204 g/mol. The summed E-state index contributed by atoms with van der Waals surface area (Å²) in [5.74, 6) is -2.09. The van der Waals surface area contributed by atoms with E-state index >= 15 is 0 Å². The number of hydrogen-bond acceptors (Lipinski definition) is 5. The number of carbonyl (C=O) groups excluding carboxylic acids is 4. The number of carbonyl (C=O) groups is 4. The summed E-state index contributed by atoms with van der Waals surface area (Å²) in [5, 5.41) is 2.75. The van der Waals surface area contributed by atoms with Gasteiger partial charge in [-0.1, -0.05) is 0 Å². The molecule has 3 amide bonds. The van der Waals surface area contributed by atoms with E-state index < -0.39 is 23.8 Å². The van der Waals surface area contributed by atoms with Crippen LogP contribution in [0.15, 0.2) is 0 Å². The number of hydroxylamine groups is 2. The third kappa shape index (κ3) is 1.67. The van der Waals surface area contributed by atoms with Gasteiger partial charge in [0.25, 0.3) is 11.8 Å². The fraction of sp³-hybridized carbons (Fsp3) is 0.500. The van der Waals surface area contributed by atoms with Crippen molar-refractivity contribution in [3.63, 3.8) is 0 Å². The number of rotatable bonds is 2. The average Bonchev–Trinajstić information content (AvgIpc) is 2.44. The Kier molecular flexibility index (Phi) is 2.14. The van der Waals surface area contributed by atoms with Crippen LogP contribution in [0.2, 0.25) is 0 Å². The molecule has 0 bridgehead atoms. The van der Waals surface area contributed by atoms with Crippen molar-refractivity contribution in [3.05, 3.63) is 0 Å². The zero-order chi connectivity index (χ0) is 11.0. The molecule has 1 atom stereocenters. The Hall–Kier alpha value is -1.92. The lowest BCUT2D eigenvalue weighted by molar-refractivity contribution is -0.200. The molecule has 0 saturated carbocycles. The van der Waals surface area contributed by atoms with Crippen molar-refractivity contribution in [3.8, 4) is 0 Å². The van der Waals surface area contributed by atoms with Gasteiger partial charge in [0.2, 0.25) is 5.91 Å². The molecule has 80 valence electrons. The number of nitrogens with one attached hydrogen (secondary N) is 1. The second-order valence-corrected chi connectivity index (χ2v) is 3.32. The molecule has 2 saturated heterocycles. The van der Waals surface area contributed by atoms with E-state index in [1.54, 1.807) is 0 Å². The predicted octanol–water partition coefficient (Wildman–Crippen LogP) is -1.52. The number of hydrogen-bond donors (Lipinski definition) is 1. The van der Waals surface area contributed by atoms with Crippen molar-refractivity contribution < 1.29 is 24.0 Å². The van der Waals surface area contributed by atoms with E-state index in [1.165, 1.54) is 0 Å². The quantitative estimate of drug-likeness (QED) is 0.443. The van der Waals surface area contributed by atoms with Crippen LogP contribution in [-0.4, -0.2) is 34.8 Å². The molecule has 1 unspecified atom stereocenters. The first-order valence-corrected chi connectivity index (χ1v) is 4.45. The molecule has 0 spiro atoms. The molecule has 1 N–H and O–H groups in total. The maximum absolute atomic E-state index is 11.2. The van der Waals surface area contributed by atoms with Gasteiger partial charge in [-0.2, -0.15) is 0 Å². The van der Waals surface area contributed by atoms with Crippen LogP contribution >= 0.6 is 0 Å². The fourth-order valence-corrected chi connectivity index (χ4v) is 1.31. The predicted molar refractivity (Wildman–Crippen MR) is 43.7 cm³/mol. The molecular formula is C8H8N2O5. The molecule has 2 heterocycles. The molecule has 0 aromatic carbocycles. The summed E-state index contributed by atoms with van der Waals surface area (Å²) < 4.78 is 0. The summed E-state index contributed by atoms with van der Waals surface area (Å²) in [7, 11) is 0. The summed E-state index contributed by atoms with van der Waals surface area (Å²) in [6.45, 7) is 0. The molecule has 0 aliphatic carbocycles. The monoisotopic (exact) mass is 212 g/mol. The third-order valence-electron chi connectivity index (χ3n) is 2.20. The first-order chi connectivity index (χ1) is 7.08. The number of amides is 3. The number of nitrogens with zero attached hydrogens (tertiary/aromatic N) is 1. The van der Waals surface area contributed by atoms with E-state index in [2.05, 4.69) is 10.2 Å². The van der Waals surface area contributed by atoms with Crippen LogP contribution in [0.4, 0.5) is 0 Å². The van der Waals surface area contributed by atoms with Crippen molar-refractivity contribution in [1.29, 1.82) is 0 Å². The van der Waals surface area contributed by atoms with Crippen molar-refractivity contribution >= 4 is 23.7 Å². The number of imide groups is 1. The van der Waals surface area contributed by atoms with Gasteiger partial charge < -0.3 is 10.2 Å². The molecule has 7 heteroatoms. The minimum atomic E-state index is -0.779. The van der Waals surface area contributed by atoms with Gasteiger partial charge in [0.15, 0.2) is 0 Å². The highest BCUT2D eigenvalue weighted by atomic mass is 16.7.